The summed E-state index contributed by atoms with van der Waals surface area (Å²) < 4.78 is 0. The Bertz CT molecular complexity index is 2890. The summed E-state index contributed by atoms with van der Waals surface area (Å²) in [4.78, 5) is 33.3. The molecule has 0 saturated carbocycles. The molecule has 0 bridgehead atoms. The largest absolute Gasteiger partial charge is 0.360 e. The average Bonchev–Trinajstić information content (AvgIpc) is 3.40. The van der Waals surface area contributed by atoms with Gasteiger partial charge in [-0.2, -0.15) is 0 Å². The van der Waals surface area contributed by atoms with Crippen LogP contribution < -0.4 is 10.4 Å². The third-order valence-electron chi connectivity index (χ3n) is 11.2. The molecule has 10 aromatic rings. The van der Waals surface area contributed by atoms with Crippen LogP contribution in [0.2, 0.25) is 39.3 Å². The molecule has 10 rings (SSSR count). The fraction of sp³-hybridized carbons (Fsp3) is 0.133. The summed E-state index contributed by atoms with van der Waals surface area (Å²) in [5.74, 6) is 0. The minimum absolute atomic E-state index is 0. The summed E-state index contributed by atoms with van der Waals surface area (Å²) in [6.45, 7) is 18.5. The van der Waals surface area contributed by atoms with Crippen LogP contribution in [-0.2, 0) is 40.2 Å². The molecule has 0 aliphatic heterocycles. The fourth-order valence-electron chi connectivity index (χ4n) is 7.70. The quantitative estimate of drug-likeness (QED) is 0.109. The molecule has 0 unspecified atom stereocenters. The molecule has 0 N–H and O–H groups in total. The number of pyridine rings is 4. The van der Waals surface area contributed by atoms with E-state index in [1.54, 1.807) is 24.8 Å². The van der Waals surface area contributed by atoms with Crippen molar-refractivity contribution in [3.63, 3.8) is 0 Å². The molecule has 2 radical (unpaired) electrons. The summed E-state index contributed by atoms with van der Waals surface area (Å²) in [7, 11) is -2.68. The third kappa shape index (κ3) is 16.2. The summed E-state index contributed by atoms with van der Waals surface area (Å²) in [6, 6.07) is 57.6. The van der Waals surface area contributed by atoms with Crippen LogP contribution in [0.4, 0.5) is 0 Å². The Kier molecular flexibility index (Phi) is 21.3. The van der Waals surface area contributed by atoms with E-state index in [9.17, 15) is 0 Å². The molecule has 0 atom stereocenters. The Morgan fingerprint density at radius 3 is 1.25 bits per heavy atom. The van der Waals surface area contributed by atoms with Crippen LogP contribution in [0.1, 0.15) is 11.1 Å². The molecule has 72 heavy (non-hydrogen) atoms. The minimum atomic E-state index is -1.34. The molecular weight excluding hydrogens is 1270 g/mol. The van der Waals surface area contributed by atoms with E-state index in [1.165, 1.54) is 56.4 Å². The van der Waals surface area contributed by atoms with E-state index in [2.05, 4.69) is 199 Å². The maximum atomic E-state index is 4.71. The van der Waals surface area contributed by atoms with Gasteiger partial charge in [0.15, 0.2) is 0 Å². The summed E-state index contributed by atoms with van der Waals surface area (Å²) in [5.41, 5.74) is 15.1. The van der Waals surface area contributed by atoms with Gasteiger partial charge in [0, 0.05) is 71.2 Å². The zero-order valence-corrected chi connectivity index (χ0v) is 48.6. The summed E-state index contributed by atoms with van der Waals surface area (Å²) >= 11 is 0. The van der Waals surface area contributed by atoms with Crippen molar-refractivity contribution in [3.8, 4) is 67.4 Å². The first-order chi connectivity index (χ1) is 33.8. The molecule has 366 valence electrons. The Morgan fingerprint density at radius 2 is 0.847 bits per heavy atom. The van der Waals surface area contributed by atoms with Gasteiger partial charge in [-0.25, -0.2) is 15.0 Å². The Morgan fingerprint density at radius 1 is 0.375 bits per heavy atom. The van der Waals surface area contributed by atoms with E-state index in [0.717, 1.165) is 45.2 Å². The maximum Gasteiger partial charge on any atom is 0.116 e. The Hall–Kier alpha value is -6.63. The second-order valence-corrected chi connectivity index (χ2v) is 28.6. The van der Waals surface area contributed by atoms with Crippen LogP contribution in [0.25, 0.3) is 67.4 Å². The van der Waals surface area contributed by atoms with Crippen molar-refractivity contribution in [2.24, 2.45) is 0 Å². The van der Waals surface area contributed by atoms with Gasteiger partial charge in [-0.05, 0) is 76.8 Å². The molecule has 0 aliphatic carbocycles. The Balaban J connectivity index is 0.000000184. The fourth-order valence-corrected chi connectivity index (χ4v) is 11.1. The van der Waals surface area contributed by atoms with Gasteiger partial charge in [0.2, 0.25) is 0 Å². The average molecular weight is 1330 g/mol. The van der Waals surface area contributed by atoms with Gasteiger partial charge in [0.05, 0.1) is 27.5 Å². The molecule has 0 saturated heterocycles. The smallest absolute Gasteiger partial charge is 0.116 e. The van der Waals surface area contributed by atoms with Gasteiger partial charge in [0.1, 0.15) is 12.7 Å². The normalized spacial score (nSPS) is 10.6. The minimum Gasteiger partial charge on any atom is -0.360 e. The first-order valence-electron chi connectivity index (χ1n) is 23.2. The third-order valence-corrected chi connectivity index (χ3v) is 15.5. The summed E-state index contributed by atoms with van der Waals surface area (Å²) in [5, 5.41) is 2.86. The number of aromatic nitrogens is 8. The van der Waals surface area contributed by atoms with E-state index in [1.807, 2.05) is 66.7 Å². The van der Waals surface area contributed by atoms with Crippen LogP contribution in [0.3, 0.4) is 0 Å². The first kappa shape index (κ1) is 56.3. The molecule has 0 aliphatic rings. The van der Waals surface area contributed by atoms with Crippen LogP contribution in [0, 0.1) is 32.2 Å². The summed E-state index contributed by atoms with van der Waals surface area (Å²) in [6.07, 6.45) is 16.8. The molecule has 12 heteroatoms. The van der Waals surface area contributed by atoms with E-state index >= 15 is 0 Å². The van der Waals surface area contributed by atoms with Gasteiger partial charge in [-0.1, -0.05) is 142 Å². The van der Waals surface area contributed by atoms with E-state index in [-0.39, 0.29) is 40.2 Å². The standard InChI is InChI=1S/2C21H22NSi.C9H6N3.C9H7N3.2Ir/c2*1-16-13-20(22-15-21(16)23(2,3)4)19-12-8-11-18(14-19)17-9-6-5-7-10-17;1-2-8(6-10-4-1)9-3-5-11-7-12-9;1-2-5-11-8(3-1)9-4-6-10-7-12-9;;/h2*5-11,13-15H,1-4H3;1-5,7H;1-7H;;/q3*-1;;;. The molecule has 0 amide bonds. The Labute approximate surface area is 454 Å². The van der Waals surface area contributed by atoms with Crippen molar-refractivity contribution in [3.05, 3.63) is 231 Å². The molecule has 0 fully saturated rings. The zero-order valence-electron chi connectivity index (χ0n) is 41.8. The van der Waals surface area contributed by atoms with Gasteiger partial charge < -0.3 is 15.0 Å². The second kappa shape index (κ2) is 27.3. The number of aryl methyl sites for hydroxylation is 2. The predicted molar refractivity (Wildman–Crippen MR) is 293 cm³/mol. The topological polar surface area (TPSA) is 103 Å². The van der Waals surface area contributed by atoms with E-state index in [4.69, 9.17) is 9.97 Å². The van der Waals surface area contributed by atoms with Crippen LogP contribution in [0.5, 0.6) is 0 Å². The van der Waals surface area contributed by atoms with Gasteiger partial charge >= 0.3 is 0 Å². The molecular formula is C60H57Ir2N8Si2-3. The van der Waals surface area contributed by atoms with Crippen molar-refractivity contribution in [1.29, 1.82) is 0 Å². The molecule has 8 nitrogen and oxygen atoms in total. The van der Waals surface area contributed by atoms with Crippen molar-refractivity contribution >= 4 is 26.5 Å². The van der Waals surface area contributed by atoms with Crippen molar-refractivity contribution in [1.82, 2.24) is 39.9 Å². The van der Waals surface area contributed by atoms with Crippen LogP contribution >= 0.6 is 0 Å². The van der Waals surface area contributed by atoms with Gasteiger partial charge in [0.25, 0.3) is 0 Å². The maximum absolute atomic E-state index is 4.71. The number of rotatable bonds is 8. The molecule has 6 heterocycles. The van der Waals surface area contributed by atoms with Crippen molar-refractivity contribution in [2.75, 3.05) is 0 Å². The number of hydrogen-bond acceptors (Lipinski definition) is 8. The van der Waals surface area contributed by atoms with Gasteiger partial charge in [-0.15, -0.1) is 88.5 Å². The number of benzene rings is 4. The number of hydrogen-bond donors (Lipinski definition) is 0. The molecule has 0 spiro atoms. The molecule has 4 aromatic carbocycles. The number of nitrogens with zero attached hydrogens (tertiary/aromatic N) is 8. The monoisotopic (exact) mass is 1330 g/mol. The van der Waals surface area contributed by atoms with E-state index < -0.39 is 16.1 Å². The predicted octanol–water partition coefficient (Wildman–Crippen LogP) is 13.0. The molecule has 6 aromatic heterocycles. The first-order valence-corrected chi connectivity index (χ1v) is 30.2. The van der Waals surface area contributed by atoms with Crippen molar-refractivity contribution < 1.29 is 40.2 Å². The van der Waals surface area contributed by atoms with Gasteiger partial charge in [-0.3, -0.25) is 9.97 Å². The van der Waals surface area contributed by atoms with Crippen LogP contribution in [-0.4, -0.2) is 56.0 Å². The van der Waals surface area contributed by atoms with Crippen molar-refractivity contribution in [2.45, 2.75) is 53.1 Å². The van der Waals surface area contributed by atoms with Crippen LogP contribution in [0.15, 0.2) is 201 Å². The van der Waals surface area contributed by atoms with E-state index in [0.29, 0.717) is 0 Å². The SMILES string of the molecule is Cc1cc(-c2[c-]ccc(-c3ccccc3)c2)ncc1[Si](C)(C)C.Cc1cc(-c2[c-]ccc(-c3ccccc3)c2)ncc1[Si](C)(C)C.[Ir].[Ir].[c-]1ncccc1-c1ccncn1.c1ccc(-c2ccncn2)nc1. The zero-order chi connectivity index (χ0) is 49.4. The second-order valence-electron chi connectivity index (χ2n) is 18.6.